The van der Waals surface area contributed by atoms with Crippen LogP contribution in [0.5, 0.6) is 0 Å². The lowest BCUT2D eigenvalue weighted by molar-refractivity contribution is 1.08. The van der Waals surface area contributed by atoms with E-state index in [1.807, 2.05) is 47.7 Å². The molecule has 0 aliphatic heterocycles. The second kappa shape index (κ2) is 11.8. The summed E-state index contributed by atoms with van der Waals surface area (Å²) in [7, 11) is 0. The number of nitrogens with zero attached hydrogens (tertiary/aromatic N) is 3. The van der Waals surface area contributed by atoms with Crippen molar-refractivity contribution in [1.29, 1.82) is 0 Å². The minimum absolute atomic E-state index is 0.665. The molecule has 0 fully saturated rings. The van der Waals surface area contributed by atoms with E-state index in [-0.39, 0.29) is 0 Å². The minimum Gasteiger partial charge on any atom is -0.208 e. The number of thiophene rings is 2. The topological polar surface area (TPSA) is 38.7 Å². The maximum Gasteiger partial charge on any atom is 0.165 e. The summed E-state index contributed by atoms with van der Waals surface area (Å²) >= 11 is 3.68. The van der Waals surface area contributed by atoms with Crippen LogP contribution in [0.4, 0.5) is 0 Å². The van der Waals surface area contributed by atoms with Gasteiger partial charge < -0.3 is 0 Å². The molecule has 0 atom stereocenters. The molecule has 10 aromatic rings. The van der Waals surface area contributed by atoms with E-state index in [1.165, 1.54) is 62.6 Å². The molecule has 10 rings (SSSR count). The van der Waals surface area contributed by atoms with Crippen LogP contribution in [-0.2, 0) is 0 Å². The highest BCUT2D eigenvalue weighted by Gasteiger charge is 2.20. The van der Waals surface area contributed by atoms with Crippen LogP contribution in [0.2, 0.25) is 0 Å². The van der Waals surface area contributed by atoms with Gasteiger partial charge in [-0.3, -0.25) is 0 Å². The quantitative estimate of drug-likeness (QED) is 0.182. The number of hydrogen-bond acceptors (Lipinski definition) is 5. The molecule has 3 heterocycles. The molecule has 0 radical (unpaired) electrons. The van der Waals surface area contributed by atoms with Gasteiger partial charge in [-0.25, -0.2) is 15.0 Å². The van der Waals surface area contributed by atoms with Gasteiger partial charge in [0.05, 0.1) is 0 Å². The predicted molar refractivity (Wildman–Crippen MR) is 213 cm³/mol. The van der Waals surface area contributed by atoms with Gasteiger partial charge in [0.2, 0.25) is 0 Å². The summed E-state index contributed by atoms with van der Waals surface area (Å²) in [6.07, 6.45) is 0. The maximum absolute atomic E-state index is 5.09. The molecular weight excluding hydrogens is 647 g/mol. The molecule has 5 heteroatoms. The van der Waals surface area contributed by atoms with Crippen molar-refractivity contribution in [1.82, 2.24) is 15.0 Å². The van der Waals surface area contributed by atoms with Gasteiger partial charge in [0.15, 0.2) is 17.5 Å². The van der Waals surface area contributed by atoms with Gasteiger partial charge in [-0.2, -0.15) is 0 Å². The fourth-order valence-corrected chi connectivity index (χ4v) is 9.47. The molecule has 7 aromatic carbocycles. The van der Waals surface area contributed by atoms with E-state index in [0.717, 1.165) is 16.7 Å². The molecule has 0 aliphatic rings. The molecule has 3 aromatic heterocycles. The number of rotatable bonds is 5. The molecule has 0 bridgehead atoms. The van der Waals surface area contributed by atoms with Crippen molar-refractivity contribution in [2.45, 2.75) is 0 Å². The highest BCUT2D eigenvalue weighted by Crippen LogP contribution is 2.47. The van der Waals surface area contributed by atoms with Crippen LogP contribution < -0.4 is 0 Å². The Labute approximate surface area is 296 Å². The van der Waals surface area contributed by atoms with E-state index in [2.05, 4.69) is 127 Å². The summed E-state index contributed by atoms with van der Waals surface area (Å²) in [4.78, 5) is 15.1. The third-order valence-corrected chi connectivity index (χ3v) is 11.8. The molecule has 3 nitrogen and oxygen atoms in total. The second-order valence-corrected chi connectivity index (χ2v) is 14.5. The molecule has 0 saturated heterocycles. The third kappa shape index (κ3) is 4.82. The van der Waals surface area contributed by atoms with Crippen LogP contribution in [0.25, 0.3) is 96.8 Å². The lowest BCUT2D eigenvalue weighted by Crippen LogP contribution is -2.00. The fourth-order valence-electron chi connectivity index (χ4n) is 7.01. The van der Waals surface area contributed by atoms with Crippen molar-refractivity contribution < 1.29 is 0 Å². The number of fused-ring (bicyclic) bond motifs is 6. The van der Waals surface area contributed by atoms with Crippen molar-refractivity contribution in [3.05, 3.63) is 164 Å². The maximum atomic E-state index is 5.09. The molecule has 0 aliphatic carbocycles. The normalized spacial score (nSPS) is 11.6. The van der Waals surface area contributed by atoms with Gasteiger partial charge >= 0.3 is 0 Å². The Kier molecular flexibility index (Phi) is 6.86. The van der Waals surface area contributed by atoms with Gasteiger partial charge in [-0.1, -0.05) is 133 Å². The first kappa shape index (κ1) is 29.0. The van der Waals surface area contributed by atoms with E-state index in [9.17, 15) is 0 Å². The van der Waals surface area contributed by atoms with Gasteiger partial charge in [0.25, 0.3) is 0 Å². The largest absolute Gasteiger partial charge is 0.208 e. The summed E-state index contributed by atoms with van der Waals surface area (Å²) in [5, 5.41) is 5.06. The Balaban J connectivity index is 1.21. The van der Waals surface area contributed by atoms with Crippen LogP contribution in [0, 0.1) is 0 Å². The fraction of sp³-hybridized carbons (Fsp3) is 0. The Morgan fingerprint density at radius 1 is 0.320 bits per heavy atom. The first-order valence-electron chi connectivity index (χ1n) is 16.6. The summed E-state index contributed by atoms with van der Waals surface area (Å²) in [6, 6.07) is 57.9. The first-order chi connectivity index (χ1) is 24.8. The predicted octanol–water partition coefficient (Wildman–Crippen LogP) is 12.9. The summed E-state index contributed by atoms with van der Waals surface area (Å²) in [6.45, 7) is 0. The Morgan fingerprint density at radius 3 is 1.56 bits per heavy atom. The van der Waals surface area contributed by atoms with Crippen LogP contribution >= 0.6 is 22.7 Å². The summed E-state index contributed by atoms with van der Waals surface area (Å²) in [5.74, 6) is 2.00. The minimum atomic E-state index is 0.665. The monoisotopic (exact) mass is 673 g/mol. The van der Waals surface area contributed by atoms with E-state index in [4.69, 9.17) is 15.0 Å². The highest BCUT2D eigenvalue weighted by atomic mass is 32.1. The smallest absolute Gasteiger partial charge is 0.165 e. The van der Waals surface area contributed by atoms with E-state index < -0.39 is 0 Å². The molecule has 0 saturated carbocycles. The van der Waals surface area contributed by atoms with Gasteiger partial charge in [0, 0.05) is 62.6 Å². The molecule has 0 spiro atoms. The van der Waals surface area contributed by atoms with Crippen LogP contribution in [-0.4, -0.2) is 15.0 Å². The van der Waals surface area contributed by atoms with Gasteiger partial charge in [0.1, 0.15) is 0 Å². The summed E-state index contributed by atoms with van der Waals surface area (Å²) < 4.78 is 5.04. The van der Waals surface area contributed by atoms with Crippen molar-refractivity contribution in [2.24, 2.45) is 0 Å². The number of benzene rings is 7. The van der Waals surface area contributed by atoms with Gasteiger partial charge in [-0.05, 0) is 47.0 Å². The highest BCUT2D eigenvalue weighted by molar-refractivity contribution is 7.26. The second-order valence-electron chi connectivity index (χ2n) is 12.4. The zero-order chi connectivity index (χ0) is 33.0. The van der Waals surface area contributed by atoms with Crippen molar-refractivity contribution in [2.75, 3.05) is 0 Å². The van der Waals surface area contributed by atoms with Gasteiger partial charge in [-0.15, -0.1) is 22.7 Å². The zero-order valence-corrected chi connectivity index (χ0v) is 28.4. The Hall–Kier alpha value is -6.01. The molecule has 234 valence electrons. The molecule has 0 amide bonds. The first-order valence-corrected chi connectivity index (χ1v) is 18.2. The number of aromatic nitrogens is 3. The third-order valence-electron chi connectivity index (χ3n) is 9.34. The van der Waals surface area contributed by atoms with Crippen LogP contribution in [0.1, 0.15) is 0 Å². The van der Waals surface area contributed by atoms with E-state index in [0.29, 0.717) is 17.5 Å². The zero-order valence-electron chi connectivity index (χ0n) is 26.7. The molecule has 0 N–H and O–H groups in total. The van der Waals surface area contributed by atoms with Crippen molar-refractivity contribution in [3.63, 3.8) is 0 Å². The lowest BCUT2D eigenvalue weighted by atomic mass is 9.93. The van der Waals surface area contributed by atoms with Crippen molar-refractivity contribution in [3.8, 4) is 56.4 Å². The average molecular weight is 674 g/mol. The Bertz CT molecular complexity index is 2800. The van der Waals surface area contributed by atoms with Crippen LogP contribution in [0.3, 0.4) is 0 Å². The van der Waals surface area contributed by atoms with E-state index >= 15 is 0 Å². The van der Waals surface area contributed by atoms with Crippen LogP contribution in [0.15, 0.2) is 164 Å². The van der Waals surface area contributed by atoms with E-state index in [1.54, 1.807) is 11.3 Å². The van der Waals surface area contributed by atoms with Crippen molar-refractivity contribution >= 4 is 63.0 Å². The molecule has 0 unspecified atom stereocenters. The molecule has 50 heavy (non-hydrogen) atoms. The SMILES string of the molecule is c1ccc(-c2nc(-c3ccccc3)nc(-c3cccc4c3sc3cccc(-c5cc(-c6ccccc6)c6sc7ccccc7c6c5)c34)n2)cc1. The Morgan fingerprint density at radius 2 is 0.840 bits per heavy atom. The lowest BCUT2D eigenvalue weighted by Gasteiger charge is -2.11. The molecular formula is C45H27N3S2. The number of hydrogen-bond donors (Lipinski definition) is 0. The standard InChI is InChI=1S/C45H27N3S2/c1-4-14-28(15-5-1)36-26-31(27-37-33-20-10-11-24-38(33)49-42(36)37)32-21-13-25-39-40(32)34-22-12-23-35(41(34)50-39)45-47-43(29-16-6-2-7-17-29)46-44(48-45)30-18-8-3-9-19-30/h1-27H. The summed E-state index contributed by atoms with van der Waals surface area (Å²) in [5.41, 5.74) is 7.88. The average Bonchev–Trinajstić information content (AvgIpc) is 3.77.